The van der Waals surface area contributed by atoms with Crippen molar-refractivity contribution in [2.75, 3.05) is 0 Å². The van der Waals surface area contributed by atoms with Crippen LogP contribution in [0.4, 0.5) is 0 Å². The van der Waals surface area contributed by atoms with Gasteiger partial charge in [-0.15, -0.1) is 0 Å². The molecule has 0 aliphatic carbocycles. The molecule has 8 heavy (non-hydrogen) atoms. The second-order valence-electron chi connectivity index (χ2n) is 1.55. The van der Waals surface area contributed by atoms with Crippen molar-refractivity contribution in [2.45, 2.75) is 9.79 Å². The minimum absolute atomic E-state index is 0. The van der Waals surface area contributed by atoms with Crippen molar-refractivity contribution in [1.29, 1.82) is 0 Å². The molecule has 1 nitrogen and oxygen atoms in total. The first kappa shape index (κ1) is 5.66. The first-order chi connectivity index (χ1) is 3.47. The van der Waals surface area contributed by atoms with E-state index in [1.165, 1.54) is 9.79 Å². The lowest BCUT2D eigenvalue weighted by atomic mass is 10.4. The topological polar surface area (TPSA) is 31.5 Å². The van der Waals surface area contributed by atoms with Crippen LogP contribution in [0.2, 0.25) is 0 Å². The molecule has 1 aromatic carbocycles. The first-order valence-corrected chi connectivity index (χ1v) is 3.05. The summed E-state index contributed by atoms with van der Waals surface area (Å²) >= 11 is 1.86. The van der Waals surface area contributed by atoms with Gasteiger partial charge < -0.3 is 5.48 Å². The van der Waals surface area contributed by atoms with Gasteiger partial charge in [-0.3, -0.25) is 0 Å². The van der Waals surface area contributed by atoms with Crippen molar-refractivity contribution in [3.8, 4) is 0 Å². The molecular weight excluding hydrogens is 120 g/mol. The molecule has 1 aliphatic heterocycles. The third-order valence-electron chi connectivity index (χ3n) is 1.03. The molecule has 0 radical (unpaired) electrons. The predicted molar refractivity (Wildman–Crippen MR) is 34.2 cm³/mol. The van der Waals surface area contributed by atoms with Crippen LogP contribution in [-0.4, -0.2) is 5.48 Å². The highest BCUT2D eigenvalue weighted by Crippen LogP contribution is 2.47. The van der Waals surface area contributed by atoms with Gasteiger partial charge in [-0.05, 0) is 12.1 Å². The Bertz CT molecular complexity index is 176. The summed E-state index contributed by atoms with van der Waals surface area (Å²) in [6.07, 6.45) is 0. The van der Waals surface area contributed by atoms with Gasteiger partial charge in [-0.25, -0.2) is 0 Å². The molecule has 0 bridgehead atoms. The third-order valence-corrected chi connectivity index (χ3v) is 1.98. The lowest BCUT2D eigenvalue weighted by Gasteiger charge is -1.66. The van der Waals surface area contributed by atoms with Crippen molar-refractivity contribution >= 4 is 11.8 Å². The smallest absolute Gasteiger partial charge is 0.0262 e. The molecule has 1 heterocycles. The van der Waals surface area contributed by atoms with Gasteiger partial charge in [0.2, 0.25) is 0 Å². The van der Waals surface area contributed by atoms with Crippen molar-refractivity contribution < 1.29 is 5.48 Å². The highest BCUT2D eigenvalue weighted by atomic mass is 32.2. The van der Waals surface area contributed by atoms with Crippen LogP contribution in [0.15, 0.2) is 34.1 Å². The maximum atomic E-state index is 2.14. The van der Waals surface area contributed by atoms with Crippen LogP contribution in [0.25, 0.3) is 0 Å². The highest BCUT2D eigenvalue weighted by molar-refractivity contribution is 8.04. The van der Waals surface area contributed by atoms with E-state index < -0.39 is 0 Å². The zero-order valence-corrected chi connectivity index (χ0v) is 5.03. The van der Waals surface area contributed by atoms with Crippen LogP contribution < -0.4 is 0 Å². The lowest BCUT2D eigenvalue weighted by molar-refractivity contribution is 0.824. The maximum absolute atomic E-state index is 2.14. The molecule has 0 saturated carbocycles. The van der Waals surface area contributed by atoms with Crippen molar-refractivity contribution in [3.05, 3.63) is 24.3 Å². The van der Waals surface area contributed by atoms with Crippen molar-refractivity contribution in [2.24, 2.45) is 0 Å². The van der Waals surface area contributed by atoms with E-state index in [0.29, 0.717) is 0 Å². The van der Waals surface area contributed by atoms with E-state index >= 15 is 0 Å². The van der Waals surface area contributed by atoms with Crippen LogP contribution in [-0.2, 0) is 0 Å². The summed E-state index contributed by atoms with van der Waals surface area (Å²) < 4.78 is 0. The Labute approximate surface area is 52.0 Å². The SMILES string of the molecule is O.c1ccc2c(c1)S2. The number of benzene rings is 1. The second-order valence-corrected chi connectivity index (χ2v) is 2.63. The monoisotopic (exact) mass is 126 g/mol. The van der Waals surface area contributed by atoms with Gasteiger partial charge in [0.25, 0.3) is 0 Å². The predicted octanol–water partition coefficient (Wildman–Crippen LogP) is 1.33. The first-order valence-electron chi connectivity index (χ1n) is 2.24. The van der Waals surface area contributed by atoms with E-state index in [4.69, 9.17) is 0 Å². The summed E-state index contributed by atoms with van der Waals surface area (Å²) in [4.78, 5) is 2.89. The van der Waals surface area contributed by atoms with Gasteiger partial charge in [0, 0.05) is 9.79 Å². The largest absolute Gasteiger partial charge is 0.412 e. The zero-order valence-electron chi connectivity index (χ0n) is 4.22. The second kappa shape index (κ2) is 1.80. The highest BCUT2D eigenvalue weighted by Gasteiger charge is 2.14. The summed E-state index contributed by atoms with van der Waals surface area (Å²) in [6.45, 7) is 0. The number of rotatable bonds is 0. The van der Waals surface area contributed by atoms with E-state index in [0.717, 1.165) is 0 Å². The Balaban J connectivity index is 0.000000320. The summed E-state index contributed by atoms with van der Waals surface area (Å²) in [5, 5.41) is 0. The van der Waals surface area contributed by atoms with Gasteiger partial charge >= 0.3 is 0 Å². The lowest BCUT2D eigenvalue weighted by Crippen LogP contribution is -1.46. The average Bonchev–Trinajstić information content (AvgIpc) is 2.41. The van der Waals surface area contributed by atoms with Gasteiger partial charge in [-0.2, -0.15) is 0 Å². The Morgan fingerprint density at radius 3 is 1.88 bits per heavy atom. The molecule has 1 aromatic rings. The molecule has 2 heteroatoms. The van der Waals surface area contributed by atoms with E-state index in [1.807, 2.05) is 11.8 Å². The number of hydrogen-bond donors (Lipinski definition) is 0. The van der Waals surface area contributed by atoms with E-state index in [-0.39, 0.29) is 5.48 Å². The number of fused-ring (bicyclic) bond motifs is 1. The molecule has 2 N–H and O–H groups in total. The molecule has 1 aliphatic rings. The molecular formula is C6H6OS. The maximum Gasteiger partial charge on any atom is 0.0262 e. The molecule has 42 valence electrons. The van der Waals surface area contributed by atoms with Crippen LogP contribution in [0.5, 0.6) is 0 Å². The Hall–Kier alpha value is -0.470. The molecule has 0 saturated heterocycles. The van der Waals surface area contributed by atoms with E-state index in [2.05, 4.69) is 24.3 Å². The van der Waals surface area contributed by atoms with Crippen molar-refractivity contribution in [1.82, 2.24) is 0 Å². The van der Waals surface area contributed by atoms with Gasteiger partial charge in [0.15, 0.2) is 0 Å². The fraction of sp³-hybridized carbons (Fsp3) is 0. The van der Waals surface area contributed by atoms with Crippen LogP contribution in [0.1, 0.15) is 0 Å². The van der Waals surface area contributed by atoms with Crippen LogP contribution in [0, 0.1) is 0 Å². The Kier molecular flexibility index (Phi) is 1.27. The molecule has 0 unspecified atom stereocenters. The van der Waals surface area contributed by atoms with Gasteiger partial charge in [-0.1, -0.05) is 23.9 Å². The fourth-order valence-corrected chi connectivity index (χ4v) is 1.23. The van der Waals surface area contributed by atoms with Gasteiger partial charge in [0.05, 0.1) is 0 Å². The molecule has 0 atom stereocenters. The average molecular weight is 126 g/mol. The third kappa shape index (κ3) is 0.723. The minimum atomic E-state index is 0. The van der Waals surface area contributed by atoms with Crippen LogP contribution >= 0.6 is 11.8 Å². The molecule has 0 amide bonds. The van der Waals surface area contributed by atoms with E-state index in [9.17, 15) is 0 Å². The normalized spacial score (nSPS) is 11.5. The molecule has 0 aromatic heterocycles. The standard InChI is InChI=1S/C6H4S.H2O/c1-2-4-6-5(3-1)7-6;/h1-4H;1H2. The Morgan fingerprint density at radius 2 is 1.50 bits per heavy atom. The molecule has 0 fully saturated rings. The van der Waals surface area contributed by atoms with Gasteiger partial charge in [0.1, 0.15) is 0 Å². The quantitative estimate of drug-likeness (QED) is 0.490. The molecule has 2 rings (SSSR count). The summed E-state index contributed by atoms with van der Waals surface area (Å²) in [5.41, 5.74) is 0. The summed E-state index contributed by atoms with van der Waals surface area (Å²) in [6, 6.07) is 8.41. The summed E-state index contributed by atoms with van der Waals surface area (Å²) in [7, 11) is 0. The van der Waals surface area contributed by atoms with E-state index in [1.54, 1.807) is 0 Å². The Morgan fingerprint density at radius 1 is 1.00 bits per heavy atom. The zero-order chi connectivity index (χ0) is 4.69. The molecule has 0 spiro atoms. The fourth-order valence-electron chi connectivity index (χ4n) is 0.611. The van der Waals surface area contributed by atoms with Crippen LogP contribution in [0.3, 0.4) is 0 Å². The summed E-state index contributed by atoms with van der Waals surface area (Å²) in [5.74, 6) is 0. The minimum Gasteiger partial charge on any atom is -0.412 e. The van der Waals surface area contributed by atoms with Crippen molar-refractivity contribution in [3.63, 3.8) is 0 Å². The number of hydrogen-bond acceptors (Lipinski definition) is 1.